The number of thioether (sulfide) groups is 1. The van der Waals surface area contributed by atoms with Crippen molar-refractivity contribution in [3.05, 3.63) is 17.4 Å². The Kier molecular flexibility index (Phi) is 2.47. The molecule has 6 heteroatoms. The molecule has 2 aliphatic heterocycles. The van der Waals surface area contributed by atoms with Gasteiger partial charge >= 0.3 is 0 Å². The second-order valence-corrected chi connectivity index (χ2v) is 6.32. The van der Waals surface area contributed by atoms with Gasteiger partial charge in [0.15, 0.2) is 16.4 Å². The largest absolute Gasteiger partial charge is 0.481 e. The molecule has 2 heterocycles. The van der Waals surface area contributed by atoms with Crippen molar-refractivity contribution in [3.63, 3.8) is 0 Å². The molecule has 17 heavy (non-hydrogen) atoms. The van der Waals surface area contributed by atoms with Gasteiger partial charge in [0.25, 0.3) is 0 Å². The zero-order chi connectivity index (χ0) is 12.2. The Morgan fingerprint density at radius 1 is 1.76 bits per heavy atom. The van der Waals surface area contributed by atoms with Crippen LogP contribution in [-0.2, 0) is 6.42 Å². The maximum atomic E-state index is 13.9. The molecule has 2 aliphatic rings. The lowest BCUT2D eigenvalue weighted by molar-refractivity contribution is 0.0420. The highest BCUT2D eigenvalue weighted by Crippen LogP contribution is 2.50. The topological polar surface area (TPSA) is 41.5 Å². The van der Waals surface area contributed by atoms with E-state index in [-0.39, 0.29) is 17.2 Å². The lowest BCUT2D eigenvalue weighted by Crippen LogP contribution is -2.34. The monoisotopic (exact) mass is 275 g/mol. The van der Waals surface area contributed by atoms with Gasteiger partial charge in [-0.15, -0.1) is 0 Å². The fourth-order valence-corrected chi connectivity index (χ4v) is 3.51. The number of hydrogen-bond donors (Lipinski definition) is 2. The fraction of sp³-hybridized carbons (Fsp3) is 0.455. The van der Waals surface area contributed by atoms with Gasteiger partial charge in [-0.25, -0.2) is 4.39 Å². The molecule has 0 amide bonds. The van der Waals surface area contributed by atoms with Crippen LogP contribution < -0.4 is 10.1 Å². The first kappa shape index (κ1) is 11.4. The highest BCUT2D eigenvalue weighted by molar-refractivity contribution is 8.01. The molecular formula is C11H11ClFNO2S. The molecule has 0 aromatic heterocycles. The van der Waals surface area contributed by atoms with Crippen molar-refractivity contribution in [3.8, 4) is 5.75 Å². The number of aliphatic hydroxyl groups is 1. The average molecular weight is 276 g/mol. The third-order valence-electron chi connectivity index (χ3n) is 3.00. The number of ether oxygens (including phenoxy) is 1. The number of fused-ring (bicyclic) bond motifs is 3. The zero-order valence-electron chi connectivity index (χ0n) is 9.09. The van der Waals surface area contributed by atoms with E-state index in [9.17, 15) is 9.50 Å². The molecule has 0 fully saturated rings. The van der Waals surface area contributed by atoms with Crippen LogP contribution in [0.15, 0.2) is 11.0 Å². The van der Waals surface area contributed by atoms with Crippen LogP contribution in [0.5, 0.6) is 5.75 Å². The lowest BCUT2D eigenvalue weighted by atomic mass is 10.00. The molecule has 0 saturated heterocycles. The van der Waals surface area contributed by atoms with Gasteiger partial charge in [0.1, 0.15) is 5.60 Å². The Morgan fingerprint density at radius 2 is 2.53 bits per heavy atom. The predicted octanol–water partition coefficient (Wildman–Crippen LogP) is 2.55. The second-order valence-electron chi connectivity index (χ2n) is 4.51. The van der Waals surface area contributed by atoms with Crippen LogP contribution in [0.2, 0.25) is 0 Å². The van der Waals surface area contributed by atoms with E-state index in [2.05, 4.69) is 5.32 Å². The smallest absolute Gasteiger partial charge is 0.167 e. The quantitative estimate of drug-likeness (QED) is 0.611. The predicted molar refractivity (Wildman–Crippen MR) is 65.3 cm³/mol. The van der Waals surface area contributed by atoms with Crippen LogP contribution in [0.4, 0.5) is 10.1 Å². The van der Waals surface area contributed by atoms with Gasteiger partial charge in [-0.2, -0.15) is 0 Å². The maximum Gasteiger partial charge on any atom is 0.167 e. The van der Waals surface area contributed by atoms with Crippen LogP contribution in [0.1, 0.15) is 12.5 Å². The number of nitrogens with one attached hydrogen (secondary N) is 1. The molecule has 0 saturated carbocycles. The molecule has 2 N–H and O–H groups in total. The molecule has 92 valence electrons. The van der Waals surface area contributed by atoms with Crippen LogP contribution in [0, 0.1) is 5.82 Å². The highest BCUT2D eigenvalue weighted by Gasteiger charge is 2.40. The van der Waals surface area contributed by atoms with Gasteiger partial charge in [-0.3, -0.25) is 0 Å². The van der Waals surface area contributed by atoms with Gasteiger partial charge in [0.2, 0.25) is 0 Å². The number of benzene rings is 1. The molecular weight excluding hydrogens is 265 g/mol. The van der Waals surface area contributed by atoms with E-state index < -0.39 is 11.4 Å². The van der Waals surface area contributed by atoms with E-state index in [1.807, 2.05) is 0 Å². The number of aliphatic hydroxyl groups excluding tert-OH is 1. The van der Waals surface area contributed by atoms with Crippen LogP contribution in [-0.4, -0.2) is 22.1 Å². The summed E-state index contributed by atoms with van der Waals surface area (Å²) >= 11 is 7.42. The molecule has 0 radical (unpaired) electrons. The summed E-state index contributed by atoms with van der Waals surface area (Å²) in [6.45, 7) is 1.63. The van der Waals surface area contributed by atoms with E-state index >= 15 is 0 Å². The average Bonchev–Trinajstić information content (AvgIpc) is 2.80. The minimum Gasteiger partial charge on any atom is -0.481 e. The normalized spacial score (nSPS) is 29.5. The SMILES string of the molecule is CC1(CO)Cc2c(c(F)cc3c2SC(Cl)N3)O1. The van der Waals surface area contributed by atoms with Crippen molar-refractivity contribution in [1.29, 1.82) is 0 Å². The summed E-state index contributed by atoms with van der Waals surface area (Å²) < 4.78 is 19.4. The Balaban J connectivity index is 2.11. The summed E-state index contributed by atoms with van der Waals surface area (Å²) in [6.07, 6.45) is 0.497. The van der Waals surface area contributed by atoms with Crippen molar-refractivity contribution in [2.45, 2.75) is 28.7 Å². The summed E-state index contributed by atoms with van der Waals surface area (Å²) in [5.74, 6) is -0.157. The van der Waals surface area contributed by atoms with E-state index in [1.54, 1.807) is 6.92 Å². The first-order valence-corrected chi connectivity index (χ1v) is 6.56. The van der Waals surface area contributed by atoms with Gasteiger partial charge in [0.05, 0.1) is 12.3 Å². The third-order valence-corrected chi connectivity index (χ3v) is 4.41. The van der Waals surface area contributed by atoms with E-state index in [0.717, 1.165) is 10.5 Å². The lowest BCUT2D eigenvalue weighted by Gasteiger charge is -2.20. The van der Waals surface area contributed by atoms with Crippen molar-refractivity contribution >= 4 is 29.1 Å². The molecule has 3 nitrogen and oxygen atoms in total. The molecule has 0 bridgehead atoms. The van der Waals surface area contributed by atoms with Crippen molar-refractivity contribution in [2.24, 2.45) is 0 Å². The van der Waals surface area contributed by atoms with Gasteiger partial charge in [-0.1, -0.05) is 23.4 Å². The van der Waals surface area contributed by atoms with Gasteiger partial charge < -0.3 is 15.2 Å². The summed E-state index contributed by atoms with van der Waals surface area (Å²) in [5, 5.41) is 12.3. The van der Waals surface area contributed by atoms with E-state index in [4.69, 9.17) is 16.3 Å². The zero-order valence-corrected chi connectivity index (χ0v) is 10.7. The number of alkyl halides is 1. The van der Waals surface area contributed by atoms with Crippen molar-refractivity contribution < 1.29 is 14.2 Å². The summed E-state index contributed by atoms with van der Waals surface area (Å²) in [7, 11) is 0. The minimum atomic E-state index is -0.733. The molecule has 0 aliphatic carbocycles. The van der Waals surface area contributed by atoms with Crippen LogP contribution >= 0.6 is 23.4 Å². The number of hydrogen-bond acceptors (Lipinski definition) is 4. The van der Waals surface area contributed by atoms with Crippen molar-refractivity contribution in [1.82, 2.24) is 0 Å². The molecule has 1 aromatic carbocycles. The van der Waals surface area contributed by atoms with Crippen LogP contribution in [0.3, 0.4) is 0 Å². The molecule has 0 spiro atoms. The Hall–Kier alpha value is -0.650. The molecule has 2 unspecified atom stereocenters. The molecule has 3 rings (SSSR count). The van der Waals surface area contributed by atoms with E-state index in [0.29, 0.717) is 12.1 Å². The summed E-state index contributed by atoms with van der Waals surface area (Å²) in [5.41, 5.74) is 0.776. The Bertz CT molecular complexity index is 499. The summed E-state index contributed by atoms with van der Waals surface area (Å²) in [4.78, 5) is 0.649. The Morgan fingerprint density at radius 3 is 3.24 bits per heavy atom. The first-order chi connectivity index (χ1) is 8.02. The number of rotatable bonds is 1. The van der Waals surface area contributed by atoms with Gasteiger partial charge in [0, 0.05) is 22.9 Å². The van der Waals surface area contributed by atoms with Crippen molar-refractivity contribution in [2.75, 3.05) is 11.9 Å². The third kappa shape index (κ3) is 1.68. The summed E-state index contributed by atoms with van der Waals surface area (Å²) in [6, 6.07) is 1.40. The minimum absolute atomic E-state index is 0.141. The maximum absolute atomic E-state index is 13.9. The number of anilines is 1. The highest BCUT2D eigenvalue weighted by atomic mass is 35.5. The Labute approximate surface area is 107 Å². The van der Waals surface area contributed by atoms with E-state index in [1.165, 1.54) is 17.8 Å². The number of halogens is 2. The first-order valence-electron chi connectivity index (χ1n) is 5.25. The molecule has 1 aromatic rings. The molecule has 2 atom stereocenters. The van der Waals surface area contributed by atoms with Gasteiger partial charge in [-0.05, 0) is 6.92 Å². The second kappa shape index (κ2) is 3.67. The van der Waals surface area contributed by atoms with Crippen LogP contribution in [0.25, 0.3) is 0 Å². The standard InChI is InChI=1S/C11H11ClFNO2S/c1-11(4-15)3-5-8(16-11)6(13)2-7-9(5)17-10(12)14-7/h2,10,14-15H,3-4H2,1H3. The fourth-order valence-electron chi connectivity index (χ4n) is 2.18.